The maximum atomic E-state index is 10.7. The number of methoxy groups -OCH3 is 1. The molecular weight excluding hydrogens is 242 g/mol. The second kappa shape index (κ2) is 4.63. The Labute approximate surface area is 101 Å². The van der Waals surface area contributed by atoms with Gasteiger partial charge in [-0.3, -0.25) is 10.1 Å². The summed E-state index contributed by atoms with van der Waals surface area (Å²) in [6, 6.07) is 3.99. The van der Waals surface area contributed by atoms with Crippen LogP contribution in [0.5, 0.6) is 5.75 Å². The van der Waals surface area contributed by atoms with Crippen molar-refractivity contribution >= 4 is 16.7 Å². The number of furan rings is 1. The number of hydrogen-bond donors (Lipinski definition) is 2. The van der Waals surface area contributed by atoms with Gasteiger partial charge in [-0.15, -0.1) is 0 Å². The van der Waals surface area contributed by atoms with Crippen molar-refractivity contribution < 1.29 is 24.3 Å². The number of non-ortho nitro benzene ring substituents is 1. The first-order valence-electron chi connectivity index (χ1n) is 5.11. The quantitative estimate of drug-likeness (QED) is 0.629. The minimum atomic E-state index is -1.17. The molecular formula is C11H11NO6. The van der Waals surface area contributed by atoms with Crippen LogP contribution in [-0.4, -0.2) is 28.9 Å². The van der Waals surface area contributed by atoms with Crippen LogP contribution >= 0.6 is 0 Å². The molecule has 2 aromatic rings. The molecule has 0 aliphatic heterocycles. The highest BCUT2D eigenvalue weighted by Gasteiger charge is 2.19. The molecule has 1 heterocycles. The van der Waals surface area contributed by atoms with Gasteiger partial charge in [-0.25, -0.2) is 0 Å². The van der Waals surface area contributed by atoms with Crippen molar-refractivity contribution in [3.63, 3.8) is 0 Å². The van der Waals surface area contributed by atoms with Crippen LogP contribution in [0.25, 0.3) is 11.0 Å². The lowest BCUT2D eigenvalue weighted by atomic mass is 10.2. The van der Waals surface area contributed by atoms with E-state index in [4.69, 9.17) is 14.3 Å². The first-order chi connectivity index (χ1) is 8.56. The maximum Gasteiger partial charge on any atom is 0.274 e. The van der Waals surface area contributed by atoms with Gasteiger partial charge < -0.3 is 19.4 Å². The number of aliphatic hydroxyl groups excluding tert-OH is 2. The van der Waals surface area contributed by atoms with Crippen molar-refractivity contribution in [3.8, 4) is 5.75 Å². The molecule has 18 heavy (non-hydrogen) atoms. The van der Waals surface area contributed by atoms with E-state index in [1.807, 2.05) is 0 Å². The average Bonchev–Trinajstić information content (AvgIpc) is 2.80. The number of benzene rings is 1. The van der Waals surface area contributed by atoms with Gasteiger partial charge in [0.05, 0.1) is 24.7 Å². The zero-order valence-electron chi connectivity index (χ0n) is 9.49. The molecule has 7 heteroatoms. The third kappa shape index (κ3) is 2.01. The molecule has 0 aliphatic rings. The first-order valence-corrected chi connectivity index (χ1v) is 5.11. The normalized spacial score (nSPS) is 12.6. The molecule has 96 valence electrons. The fraction of sp³-hybridized carbons (Fsp3) is 0.273. The summed E-state index contributed by atoms with van der Waals surface area (Å²) in [5, 5.41) is 29.5. The molecule has 0 radical (unpaired) electrons. The van der Waals surface area contributed by atoms with Crippen molar-refractivity contribution in [2.75, 3.05) is 13.7 Å². The summed E-state index contributed by atoms with van der Waals surface area (Å²) in [6.45, 7) is -0.496. The lowest BCUT2D eigenvalue weighted by molar-refractivity contribution is -0.384. The van der Waals surface area contributed by atoms with E-state index in [1.54, 1.807) is 0 Å². The lowest BCUT2D eigenvalue weighted by Crippen LogP contribution is -1.99. The van der Waals surface area contributed by atoms with E-state index in [9.17, 15) is 15.2 Å². The van der Waals surface area contributed by atoms with Gasteiger partial charge in [0.15, 0.2) is 11.3 Å². The van der Waals surface area contributed by atoms with E-state index in [1.165, 1.54) is 25.3 Å². The number of nitrogens with zero attached hydrogens (tertiary/aromatic N) is 1. The zero-order valence-corrected chi connectivity index (χ0v) is 9.49. The van der Waals surface area contributed by atoms with Crippen LogP contribution in [0.2, 0.25) is 0 Å². The van der Waals surface area contributed by atoms with E-state index < -0.39 is 17.6 Å². The molecule has 0 saturated heterocycles. The highest BCUT2D eigenvalue weighted by atomic mass is 16.6. The Morgan fingerprint density at radius 1 is 1.50 bits per heavy atom. The number of nitro groups is 1. The number of aliphatic hydroxyl groups is 2. The summed E-state index contributed by atoms with van der Waals surface area (Å²) in [7, 11) is 1.36. The summed E-state index contributed by atoms with van der Waals surface area (Å²) in [6.07, 6.45) is -1.17. The van der Waals surface area contributed by atoms with Gasteiger partial charge in [0.2, 0.25) is 0 Å². The third-order valence-corrected chi connectivity index (χ3v) is 2.52. The fourth-order valence-corrected chi connectivity index (χ4v) is 1.64. The van der Waals surface area contributed by atoms with Gasteiger partial charge in [-0.2, -0.15) is 0 Å². The maximum absolute atomic E-state index is 10.7. The summed E-state index contributed by atoms with van der Waals surface area (Å²) < 4.78 is 10.3. The molecule has 2 N–H and O–H groups in total. The number of rotatable bonds is 4. The van der Waals surface area contributed by atoms with Gasteiger partial charge in [0.1, 0.15) is 11.9 Å². The van der Waals surface area contributed by atoms with E-state index in [2.05, 4.69) is 0 Å². The monoisotopic (exact) mass is 253 g/mol. The SMILES string of the molecule is COc1cc([N+](=O)[O-])cc2cc([C@H](O)CO)oc12. The van der Waals surface area contributed by atoms with Gasteiger partial charge in [0, 0.05) is 11.5 Å². The molecule has 0 amide bonds. The second-order valence-corrected chi connectivity index (χ2v) is 3.67. The smallest absolute Gasteiger partial charge is 0.274 e. The van der Waals surface area contributed by atoms with Crippen molar-refractivity contribution in [1.29, 1.82) is 0 Å². The summed E-state index contributed by atoms with van der Waals surface area (Å²) in [5.74, 6) is 0.335. The highest BCUT2D eigenvalue weighted by Crippen LogP contribution is 2.34. The van der Waals surface area contributed by atoms with Crippen LogP contribution in [0.4, 0.5) is 5.69 Å². The van der Waals surface area contributed by atoms with Crippen LogP contribution in [0.15, 0.2) is 22.6 Å². The van der Waals surface area contributed by atoms with E-state index in [-0.39, 0.29) is 17.2 Å². The van der Waals surface area contributed by atoms with Crippen molar-refractivity contribution in [3.05, 3.63) is 34.1 Å². The Hall–Kier alpha value is -2.12. The summed E-state index contributed by atoms with van der Waals surface area (Å²) >= 11 is 0. The fourth-order valence-electron chi connectivity index (χ4n) is 1.64. The standard InChI is InChI=1S/C11H11NO6/c1-17-10-4-7(12(15)16)2-6-3-9(8(14)5-13)18-11(6)10/h2-4,8,13-14H,5H2,1H3/t8-/m1/s1. The number of ether oxygens (including phenoxy) is 1. The minimum Gasteiger partial charge on any atom is -0.493 e. The second-order valence-electron chi connectivity index (χ2n) is 3.67. The predicted molar refractivity (Wildman–Crippen MR) is 61.5 cm³/mol. The molecule has 0 fully saturated rings. The van der Waals surface area contributed by atoms with Crippen molar-refractivity contribution in [2.45, 2.75) is 6.10 Å². The molecule has 0 bridgehead atoms. The Kier molecular flexibility index (Phi) is 3.17. The van der Waals surface area contributed by atoms with Gasteiger partial charge in [0.25, 0.3) is 5.69 Å². The van der Waals surface area contributed by atoms with E-state index >= 15 is 0 Å². The minimum absolute atomic E-state index is 0.131. The summed E-state index contributed by atoms with van der Waals surface area (Å²) in [5.41, 5.74) is 0.163. The number of fused-ring (bicyclic) bond motifs is 1. The third-order valence-electron chi connectivity index (χ3n) is 2.52. The van der Waals surface area contributed by atoms with Crippen LogP contribution in [0.3, 0.4) is 0 Å². The average molecular weight is 253 g/mol. The molecule has 2 rings (SSSR count). The molecule has 1 atom stereocenters. The molecule has 0 aliphatic carbocycles. The van der Waals surface area contributed by atoms with Crippen molar-refractivity contribution in [2.24, 2.45) is 0 Å². The van der Waals surface area contributed by atoms with Crippen LogP contribution < -0.4 is 4.74 Å². The predicted octanol–water partition coefficient (Wildman–Crippen LogP) is 1.38. The molecule has 7 nitrogen and oxygen atoms in total. The van der Waals surface area contributed by atoms with Gasteiger partial charge in [-0.1, -0.05) is 0 Å². The van der Waals surface area contributed by atoms with Gasteiger partial charge in [-0.05, 0) is 6.07 Å². The highest BCUT2D eigenvalue weighted by molar-refractivity contribution is 5.86. The Morgan fingerprint density at radius 2 is 2.22 bits per heavy atom. The van der Waals surface area contributed by atoms with E-state index in [0.717, 1.165) is 0 Å². The molecule has 0 unspecified atom stereocenters. The molecule has 1 aromatic carbocycles. The Morgan fingerprint density at radius 3 is 2.78 bits per heavy atom. The first kappa shape index (κ1) is 12.3. The van der Waals surface area contributed by atoms with Crippen LogP contribution in [0, 0.1) is 10.1 Å². The van der Waals surface area contributed by atoms with Crippen LogP contribution in [-0.2, 0) is 0 Å². The largest absolute Gasteiger partial charge is 0.493 e. The number of hydrogen-bond acceptors (Lipinski definition) is 6. The Balaban J connectivity index is 2.63. The zero-order chi connectivity index (χ0) is 13.3. The molecule has 1 aromatic heterocycles. The Bertz CT molecular complexity index is 590. The van der Waals surface area contributed by atoms with E-state index in [0.29, 0.717) is 11.0 Å². The van der Waals surface area contributed by atoms with Gasteiger partial charge >= 0.3 is 0 Å². The van der Waals surface area contributed by atoms with Crippen LogP contribution in [0.1, 0.15) is 11.9 Å². The molecule has 0 spiro atoms. The lowest BCUT2D eigenvalue weighted by Gasteiger charge is -2.02. The summed E-state index contributed by atoms with van der Waals surface area (Å²) in [4.78, 5) is 10.2. The number of nitro benzene ring substituents is 1. The topological polar surface area (TPSA) is 106 Å². The van der Waals surface area contributed by atoms with Crippen molar-refractivity contribution in [1.82, 2.24) is 0 Å². The molecule has 0 saturated carbocycles.